The third-order valence-electron chi connectivity index (χ3n) is 2.90. The molecule has 0 spiro atoms. The molecule has 1 aliphatic heterocycles. The van der Waals surface area contributed by atoms with Crippen LogP contribution in [0.3, 0.4) is 0 Å². The van der Waals surface area contributed by atoms with Crippen LogP contribution in [0.15, 0.2) is 21.9 Å². The van der Waals surface area contributed by atoms with Gasteiger partial charge in [-0.3, -0.25) is 18.5 Å². The van der Waals surface area contributed by atoms with Crippen molar-refractivity contribution in [1.29, 1.82) is 0 Å². The van der Waals surface area contributed by atoms with Crippen LogP contribution >= 0.6 is 0 Å². The van der Waals surface area contributed by atoms with E-state index in [4.69, 9.17) is 14.0 Å². The zero-order chi connectivity index (χ0) is 15.8. The second kappa shape index (κ2) is 5.69. The Labute approximate surface area is 118 Å². The Morgan fingerprint density at radius 3 is 2.67 bits per heavy atom. The second-order valence-electron chi connectivity index (χ2n) is 4.52. The highest BCUT2D eigenvalue weighted by Gasteiger charge is 2.47. The van der Waals surface area contributed by atoms with Crippen LogP contribution in [-0.4, -0.2) is 59.4 Å². The van der Waals surface area contributed by atoms with Crippen LogP contribution in [-0.2, 0) is 19.0 Å². The van der Waals surface area contributed by atoms with E-state index in [0.717, 1.165) is 23.1 Å². The Balaban J connectivity index is 2.43. The predicted octanol–water partition coefficient (Wildman–Crippen LogP) is -2.87. The van der Waals surface area contributed by atoms with Crippen LogP contribution in [0, 0.1) is 0 Å². The highest BCUT2D eigenvalue weighted by atomic mass is 32.2. The molecule has 1 aromatic heterocycles. The van der Waals surface area contributed by atoms with Crippen LogP contribution in [0.1, 0.15) is 6.23 Å². The van der Waals surface area contributed by atoms with Crippen LogP contribution < -0.4 is 11.2 Å². The zero-order valence-corrected chi connectivity index (χ0v) is 11.7. The summed E-state index contributed by atoms with van der Waals surface area (Å²) in [5.41, 5.74) is -1.51. The quantitative estimate of drug-likeness (QED) is 0.501. The summed E-state index contributed by atoms with van der Waals surface area (Å²) < 4.78 is 33.3. The number of H-pyrrole nitrogens is 1. The second-order valence-corrected chi connectivity index (χ2v) is 6.12. The van der Waals surface area contributed by atoms with Crippen molar-refractivity contribution in [2.24, 2.45) is 0 Å². The number of aromatic amines is 1. The number of nitrogens with one attached hydrogen (secondary N) is 1. The fourth-order valence-electron chi connectivity index (χ4n) is 2.03. The van der Waals surface area contributed by atoms with Crippen molar-refractivity contribution in [1.82, 2.24) is 9.55 Å². The van der Waals surface area contributed by atoms with E-state index < -0.39 is 52.5 Å². The summed E-state index contributed by atoms with van der Waals surface area (Å²) in [5, 5.41) is 19.0. The van der Waals surface area contributed by atoms with Crippen molar-refractivity contribution in [3.8, 4) is 0 Å². The van der Waals surface area contributed by atoms with Crippen molar-refractivity contribution >= 4 is 10.1 Å². The van der Waals surface area contributed by atoms with E-state index in [1.807, 2.05) is 4.98 Å². The van der Waals surface area contributed by atoms with Gasteiger partial charge in [0.05, 0.1) is 12.9 Å². The normalized spacial score (nSPS) is 29.7. The molecule has 2 heterocycles. The van der Waals surface area contributed by atoms with Crippen molar-refractivity contribution < 1.29 is 27.6 Å². The summed E-state index contributed by atoms with van der Waals surface area (Å²) in [4.78, 5) is 24.7. The molecule has 0 bridgehead atoms. The van der Waals surface area contributed by atoms with E-state index in [1.165, 1.54) is 0 Å². The first kappa shape index (κ1) is 15.9. The van der Waals surface area contributed by atoms with Gasteiger partial charge in [0.25, 0.3) is 15.7 Å². The molecule has 0 saturated carbocycles. The van der Waals surface area contributed by atoms with Crippen LogP contribution in [0.2, 0.25) is 0 Å². The lowest BCUT2D eigenvalue weighted by Gasteiger charge is -2.20. The number of aromatic nitrogens is 2. The number of aliphatic hydroxyl groups is 2. The number of ether oxygens (including phenoxy) is 1. The number of hydrogen-bond acceptors (Lipinski definition) is 8. The third-order valence-corrected chi connectivity index (χ3v) is 3.48. The van der Waals surface area contributed by atoms with Crippen molar-refractivity contribution in [3.63, 3.8) is 0 Å². The number of aliphatic hydroxyl groups excluding tert-OH is 2. The predicted molar refractivity (Wildman–Crippen MR) is 68.0 cm³/mol. The molecule has 2 rings (SSSR count). The van der Waals surface area contributed by atoms with E-state index in [1.54, 1.807) is 0 Å². The molecule has 1 fully saturated rings. The molecule has 1 unspecified atom stereocenters. The molecule has 0 radical (unpaired) electrons. The number of hydrogen-bond donors (Lipinski definition) is 3. The third kappa shape index (κ3) is 3.39. The fourth-order valence-corrected chi connectivity index (χ4v) is 2.64. The standard InChI is InChI=1S/C10H14N2O8S/c1-21(17,18)20-8-7(15)5(4-13)19-9(8)12-3-2-6(14)11-10(12)16/h2-3,5,7-9,13,15H,4H2,1H3,(H,11,14,16)/t5-,7?,8+,9-/m1/s1. The highest BCUT2D eigenvalue weighted by Crippen LogP contribution is 2.31. The summed E-state index contributed by atoms with van der Waals surface area (Å²) in [7, 11) is -3.94. The molecular weight excluding hydrogens is 308 g/mol. The van der Waals surface area contributed by atoms with Gasteiger partial charge in [-0.25, -0.2) is 4.79 Å². The monoisotopic (exact) mass is 322 g/mol. The van der Waals surface area contributed by atoms with Gasteiger partial charge in [0.2, 0.25) is 0 Å². The number of rotatable bonds is 4. The Bertz CT molecular complexity index is 723. The van der Waals surface area contributed by atoms with Crippen molar-refractivity contribution in [2.75, 3.05) is 12.9 Å². The summed E-state index contributed by atoms with van der Waals surface area (Å²) in [6.45, 7) is -0.598. The first-order valence-electron chi connectivity index (χ1n) is 5.87. The smallest absolute Gasteiger partial charge is 0.330 e. The molecule has 118 valence electrons. The Kier molecular flexibility index (Phi) is 4.30. The first-order valence-corrected chi connectivity index (χ1v) is 7.68. The van der Waals surface area contributed by atoms with Gasteiger partial charge in [-0.1, -0.05) is 0 Å². The Morgan fingerprint density at radius 2 is 2.14 bits per heavy atom. The van der Waals surface area contributed by atoms with Crippen LogP contribution in [0.25, 0.3) is 0 Å². The van der Waals surface area contributed by atoms with Gasteiger partial charge >= 0.3 is 5.69 Å². The lowest BCUT2D eigenvalue weighted by Crippen LogP contribution is -2.40. The molecule has 1 aliphatic rings. The molecule has 1 aromatic rings. The fraction of sp³-hybridized carbons (Fsp3) is 0.600. The Morgan fingerprint density at radius 1 is 1.48 bits per heavy atom. The summed E-state index contributed by atoms with van der Waals surface area (Å²) in [5.74, 6) is 0. The molecule has 3 N–H and O–H groups in total. The van der Waals surface area contributed by atoms with Gasteiger partial charge in [0.15, 0.2) is 12.3 Å². The molecule has 21 heavy (non-hydrogen) atoms. The van der Waals surface area contributed by atoms with E-state index in [0.29, 0.717) is 0 Å². The Hall–Kier alpha value is -1.53. The van der Waals surface area contributed by atoms with E-state index in [9.17, 15) is 23.1 Å². The maximum atomic E-state index is 11.7. The molecule has 11 heteroatoms. The molecule has 0 aromatic carbocycles. The van der Waals surface area contributed by atoms with Gasteiger partial charge in [0.1, 0.15) is 12.2 Å². The topological polar surface area (TPSA) is 148 Å². The maximum absolute atomic E-state index is 11.7. The van der Waals surface area contributed by atoms with Gasteiger partial charge in [-0.15, -0.1) is 0 Å². The van der Waals surface area contributed by atoms with Crippen molar-refractivity contribution in [2.45, 2.75) is 24.5 Å². The SMILES string of the molecule is CS(=O)(=O)O[C@H]1C(O)[C@@H](CO)O[C@H]1n1ccc(=O)[nH]c1=O. The van der Waals surface area contributed by atoms with E-state index in [-0.39, 0.29) is 0 Å². The molecule has 4 atom stereocenters. The maximum Gasteiger partial charge on any atom is 0.330 e. The van der Waals surface area contributed by atoms with Gasteiger partial charge in [-0.2, -0.15) is 8.42 Å². The lowest BCUT2D eigenvalue weighted by molar-refractivity contribution is -0.0519. The van der Waals surface area contributed by atoms with Crippen LogP contribution in [0.5, 0.6) is 0 Å². The highest BCUT2D eigenvalue weighted by molar-refractivity contribution is 7.86. The minimum absolute atomic E-state index is 0.598. The largest absolute Gasteiger partial charge is 0.394 e. The summed E-state index contributed by atoms with van der Waals surface area (Å²) >= 11 is 0. The first-order chi connectivity index (χ1) is 9.73. The van der Waals surface area contributed by atoms with Gasteiger partial charge < -0.3 is 14.9 Å². The van der Waals surface area contributed by atoms with Crippen molar-refractivity contribution in [3.05, 3.63) is 33.1 Å². The van der Waals surface area contributed by atoms with Gasteiger partial charge in [0, 0.05) is 12.3 Å². The van der Waals surface area contributed by atoms with Gasteiger partial charge in [-0.05, 0) is 0 Å². The average Bonchev–Trinajstić information content (AvgIpc) is 2.65. The molecule has 0 amide bonds. The average molecular weight is 322 g/mol. The van der Waals surface area contributed by atoms with Crippen LogP contribution in [0.4, 0.5) is 0 Å². The molecule has 1 saturated heterocycles. The van der Waals surface area contributed by atoms with E-state index in [2.05, 4.69) is 0 Å². The molecular formula is C10H14N2O8S. The summed E-state index contributed by atoms with van der Waals surface area (Å²) in [6, 6.07) is 1.03. The number of nitrogens with zero attached hydrogens (tertiary/aromatic N) is 1. The lowest BCUT2D eigenvalue weighted by atomic mass is 10.1. The molecule has 0 aliphatic carbocycles. The minimum atomic E-state index is -3.94. The summed E-state index contributed by atoms with van der Waals surface area (Å²) in [6.07, 6.45) is -3.47. The minimum Gasteiger partial charge on any atom is -0.394 e. The zero-order valence-electron chi connectivity index (χ0n) is 10.9. The van der Waals surface area contributed by atoms with E-state index >= 15 is 0 Å². The molecule has 10 nitrogen and oxygen atoms in total.